The zero-order valence-corrected chi connectivity index (χ0v) is 32.4. The average Bonchev–Trinajstić information content (AvgIpc) is 4.06. The van der Waals surface area contributed by atoms with Gasteiger partial charge in [-0.2, -0.15) is 0 Å². The molecule has 0 spiro atoms. The van der Waals surface area contributed by atoms with Crippen LogP contribution < -0.4 is 21.4 Å². The van der Waals surface area contributed by atoms with E-state index in [4.69, 9.17) is 15.0 Å². The fraction of sp³-hybridized carbons (Fsp3) is 0.250. The van der Waals surface area contributed by atoms with Crippen molar-refractivity contribution in [1.82, 2.24) is 48.6 Å². The second-order valence-corrected chi connectivity index (χ2v) is 14.4. The first-order chi connectivity index (χ1) is 26.9. The Morgan fingerprint density at radius 3 is 1.25 bits per heavy atom. The number of rotatable bonds is 9. The minimum Gasteiger partial charge on any atom is -0.354 e. The Bertz CT molecular complexity index is 2880. The first-order valence-electron chi connectivity index (χ1n) is 19.5. The molecule has 0 fully saturated rings. The number of hydrogen-bond donors (Lipinski definition) is 4. The number of aromatic amines is 4. The highest BCUT2D eigenvalue weighted by molar-refractivity contribution is 5.82. The molecular weight excluding hydrogens is 683 g/mol. The summed E-state index contributed by atoms with van der Waals surface area (Å²) in [5, 5.41) is 3.92. The van der Waals surface area contributed by atoms with Gasteiger partial charge in [-0.3, -0.25) is 4.48 Å². The number of aryl methyl sites for hydroxylation is 3. The molecule has 1 unspecified atom stereocenters. The Morgan fingerprint density at radius 2 is 0.891 bits per heavy atom. The Balaban J connectivity index is 1.46. The molecule has 2 aliphatic rings. The molecule has 55 heavy (non-hydrogen) atoms. The third-order valence-electron chi connectivity index (χ3n) is 11.4. The van der Waals surface area contributed by atoms with Gasteiger partial charge < -0.3 is 33.6 Å². The quantitative estimate of drug-likeness (QED) is 0.163. The summed E-state index contributed by atoms with van der Waals surface area (Å²) in [5.74, 6) is 2.66. The number of H-pyrrole nitrogens is 4. The van der Waals surface area contributed by atoms with Crippen LogP contribution in [-0.4, -0.2) is 66.7 Å². The number of allylic oxidation sites excluding steroid dienone is 3. The molecule has 0 aromatic carbocycles. The van der Waals surface area contributed by atoms with E-state index >= 15 is 0 Å². The van der Waals surface area contributed by atoms with Crippen LogP contribution in [0.3, 0.4) is 0 Å². The van der Waals surface area contributed by atoms with Crippen LogP contribution in [0.1, 0.15) is 81.3 Å². The Hall–Kier alpha value is -6.33. The number of quaternary nitrogens is 1. The molecule has 0 saturated heterocycles. The molecule has 7 aromatic heterocycles. The molecule has 8 bridgehead atoms. The fourth-order valence-electron chi connectivity index (χ4n) is 8.38. The average molecular weight is 731 g/mol. The predicted octanol–water partition coefficient (Wildman–Crippen LogP) is 4.56. The lowest BCUT2D eigenvalue weighted by atomic mass is 10.0. The van der Waals surface area contributed by atoms with E-state index in [9.17, 15) is 0 Å². The van der Waals surface area contributed by atoms with E-state index in [1.165, 1.54) is 11.3 Å². The van der Waals surface area contributed by atoms with Gasteiger partial charge in [0, 0.05) is 68.5 Å². The van der Waals surface area contributed by atoms with Gasteiger partial charge >= 0.3 is 0 Å². The fourth-order valence-corrected chi connectivity index (χ4v) is 8.38. The second-order valence-electron chi connectivity index (χ2n) is 14.4. The van der Waals surface area contributed by atoms with Gasteiger partial charge in [-0.25, -0.2) is 15.0 Å². The normalized spacial score (nSPS) is 17.1. The molecular formula is C44H48N11+. The van der Waals surface area contributed by atoms with E-state index in [2.05, 4.69) is 136 Å². The van der Waals surface area contributed by atoms with Crippen LogP contribution in [0.2, 0.25) is 0 Å². The maximum atomic E-state index is 4.94. The lowest BCUT2D eigenvalue weighted by Gasteiger charge is -2.30. The highest BCUT2D eigenvalue weighted by Gasteiger charge is 2.36. The zero-order valence-electron chi connectivity index (χ0n) is 32.4. The van der Waals surface area contributed by atoms with Crippen LogP contribution >= 0.6 is 0 Å². The molecule has 9 heterocycles. The second kappa shape index (κ2) is 13.5. The zero-order chi connectivity index (χ0) is 37.8. The van der Waals surface area contributed by atoms with Crippen molar-refractivity contribution in [2.24, 2.45) is 0 Å². The standard InChI is InChI=1S/C44H48N11/c1-7-28-20-27-55(6,11-5)41(28)37-29-12-14-31(48-29)38(42-45-21-24-52(42)8-2)33-16-18-35(50-33)40(44-47-23-26-54(44)10-4)36-19-17-34(51-36)39(32-15-13-30(37)49-32)43-46-22-25-53(43)9-3/h12-27,48-51H,7-11H2,1-6H3/q+1. The molecule has 11 heteroatoms. The molecule has 11 nitrogen and oxygen atoms in total. The van der Waals surface area contributed by atoms with Crippen molar-refractivity contribution in [3.8, 4) is 0 Å². The molecule has 2 aliphatic heterocycles. The van der Waals surface area contributed by atoms with Crippen molar-refractivity contribution < 1.29 is 4.48 Å². The Morgan fingerprint density at radius 1 is 0.509 bits per heavy atom. The SMILES string of the molecule is CCC1=C(C2=c3ccc([nH]3)=C(c3nccn3CC)c3ccc([nH]3)C(c3nccn3CC)=c3ccc([nH]3)=C(c3nccn3CC)c3ccc2[nH]3)[N+](C)(CC)C=C1. The van der Waals surface area contributed by atoms with Gasteiger partial charge in [-0.15, -0.1) is 0 Å². The van der Waals surface area contributed by atoms with Gasteiger partial charge in [-0.05, 0) is 82.6 Å². The van der Waals surface area contributed by atoms with Crippen molar-refractivity contribution in [3.05, 3.63) is 171 Å². The van der Waals surface area contributed by atoms with Crippen molar-refractivity contribution in [2.45, 2.75) is 60.7 Å². The number of hydrogen-bond acceptors (Lipinski definition) is 3. The van der Waals surface area contributed by atoms with E-state index in [1.54, 1.807) is 0 Å². The highest BCUT2D eigenvalue weighted by Crippen LogP contribution is 2.38. The summed E-state index contributed by atoms with van der Waals surface area (Å²) in [6, 6.07) is 17.5. The minimum atomic E-state index is 0.695. The summed E-state index contributed by atoms with van der Waals surface area (Å²) in [6.07, 6.45) is 17.3. The van der Waals surface area contributed by atoms with E-state index in [0.29, 0.717) is 4.48 Å². The van der Waals surface area contributed by atoms with E-state index in [-0.39, 0.29) is 0 Å². The van der Waals surface area contributed by atoms with Crippen LogP contribution in [0.25, 0.3) is 22.3 Å². The molecule has 0 aliphatic carbocycles. The number of aromatic nitrogens is 10. The number of imidazole rings is 3. The third kappa shape index (κ3) is 5.48. The Kier molecular flexibility index (Phi) is 8.46. The first-order valence-corrected chi connectivity index (χ1v) is 19.5. The lowest BCUT2D eigenvalue weighted by Crippen LogP contribution is -2.37. The molecule has 0 radical (unpaired) electrons. The smallest absolute Gasteiger partial charge is 0.152 e. The van der Waals surface area contributed by atoms with Crippen LogP contribution in [0.5, 0.6) is 0 Å². The van der Waals surface area contributed by atoms with E-state index in [1.807, 2.05) is 37.2 Å². The molecule has 278 valence electrons. The van der Waals surface area contributed by atoms with Crippen LogP contribution in [0.15, 0.2) is 109 Å². The summed E-state index contributed by atoms with van der Waals surface area (Å²) in [7, 11) is 2.30. The van der Waals surface area contributed by atoms with Crippen molar-refractivity contribution in [3.63, 3.8) is 0 Å². The van der Waals surface area contributed by atoms with Crippen LogP contribution in [-0.2, 0) is 19.6 Å². The topological polar surface area (TPSA) is 117 Å². The first kappa shape index (κ1) is 34.4. The van der Waals surface area contributed by atoms with Crippen molar-refractivity contribution >= 4 is 22.3 Å². The lowest BCUT2D eigenvalue weighted by molar-refractivity contribution is -0.811. The molecule has 1 atom stereocenters. The van der Waals surface area contributed by atoms with Gasteiger partial charge in [0.25, 0.3) is 0 Å². The maximum absolute atomic E-state index is 4.94. The van der Waals surface area contributed by atoms with Gasteiger partial charge in [-0.1, -0.05) is 6.92 Å². The molecule has 9 rings (SSSR count). The number of nitrogens with one attached hydrogen (secondary N) is 4. The van der Waals surface area contributed by atoms with Crippen LogP contribution in [0, 0.1) is 0 Å². The Labute approximate surface area is 319 Å². The number of likely N-dealkylation sites (N-methyl/N-ethyl adjacent to an activating group) is 1. The molecule has 4 N–H and O–H groups in total. The summed E-state index contributed by atoms with van der Waals surface area (Å²) in [6.45, 7) is 14.3. The maximum Gasteiger partial charge on any atom is 0.152 e. The summed E-state index contributed by atoms with van der Waals surface area (Å²) in [4.78, 5) is 30.4. The summed E-state index contributed by atoms with van der Waals surface area (Å²) in [5.41, 5.74) is 10.7. The van der Waals surface area contributed by atoms with Gasteiger partial charge in [0.2, 0.25) is 0 Å². The van der Waals surface area contributed by atoms with E-state index < -0.39 is 0 Å². The molecule has 7 aromatic rings. The van der Waals surface area contributed by atoms with Crippen molar-refractivity contribution in [1.29, 1.82) is 0 Å². The third-order valence-corrected chi connectivity index (χ3v) is 11.4. The van der Waals surface area contributed by atoms with Gasteiger partial charge in [0.05, 0.1) is 80.1 Å². The van der Waals surface area contributed by atoms with Gasteiger partial charge in [0.15, 0.2) is 5.70 Å². The van der Waals surface area contributed by atoms with E-state index in [0.717, 1.165) is 117 Å². The molecule has 0 saturated carbocycles. The largest absolute Gasteiger partial charge is 0.354 e. The minimum absolute atomic E-state index is 0.695. The summed E-state index contributed by atoms with van der Waals surface area (Å²) < 4.78 is 7.27. The highest BCUT2D eigenvalue weighted by atomic mass is 15.3. The van der Waals surface area contributed by atoms with Crippen LogP contribution in [0.4, 0.5) is 0 Å². The summed E-state index contributed by atoms with van der Waals surface area (Å²) >= 11 is 0. The van der Waals surface area contributed by atoms with Gasteiger partial charge in [0.1, 0.15) is 23.7 Å². The predicted molar refractivity (Wildman–Crippen MR) is 216 cm³/mol. The van der Waals surface area contributed by atoms with Crippen molar-refractivity contribution in [2.75, 3.05) is 13.6 Å². The number of fused-ring (bicyclic) bond motifs is 8. The number of nitrogens with zero attached hydrogens (tertiary/aromatic N) is 7. The monoisotopic (exact) mass is 730 g/mol. The molecule has 0 amide bonds.